The molecule has 0 bridgehead atoms. The van der Waals surface area contributed by atoms with Crippen molar-refractivity contribution in [1.29, 1.82) is 0 Å². The summed E-state index contributed by atoms with van der Waals surface area (Å²) in [5.74, 6) is -0.688. The molecule has 0 heterocycles. The SMILES string of the molecule is O=C(CNCC1CC1)Nc1ccc(Cl)cc1C(=O)O. The predicted molar refractivity (Wildman–Crippen MR) is 72.6 cm³/mol. The number of rotatable bonds is 6. The van der Waals surface area contributed by atoms with E-state index in [2.05, 4.69) is 10.6 Å². The van der Waals surface area contributed by atoms with E-state index in [4.69, 9.17) is 16.7 Å². The minimum atomic E-state index is -1.12. The van der Waals surface area contributed by atoms with Gasteiger partial charge in [0.1, 0.15) is 0 Å². The standard InChI is InChI=1S/C13H15ClN2O3/c14-9-3-4-11(10(5-9)13(18)19)16-12(17)7-15-6-8-1-2-8/h3-5,8,15H,1-2,6-7H2,(H,16,17)(H,18,19). The van der Waals surface area contributed by atoms with Gasteiger partial charge in [0, 0.05) is 5.02 Å². The number of carboxylic acids is 1. The van der Waals surface area contributed by atoms with E-state index in [1.807, 2.05) is 0 Å². The van der Waals surface area contributed by atoms with Gasteiger partial charge in [0.05, 0.1) is 17.8 Å². The molecule has 102 valence electrons. The number of carbonyl (C=O) groups excluding carboxylic acids is 1. The van der Waals surface area contributed by atoms with Crippen molar-refractivity contribution in [3.05, 3.63) is 28.8 Å². The first kappa shape index (κ1) is 13.8. The fourth-order valence-electron chi connectivity index (χ4n) is 1.71. The molecule has 0 spiro atoms. The van der Waals surface area contributed by atoms with E-state index in [1.54, 1.807) is 6.07 Å². The molecule has 1 fully saturated rings. The average molecular weight is 283 g/mol. The van der Waals surface area contributed by atoms with Gasteiger partial charge in [-0.05, 0) is 43.5 Å². The van der Waals surface area contributed by atoms with E-state index in [0.717, 1.165) is 6.54 Å². The Bertz CT molecular complexity index is 501. The fraction of sp³-hybridized carbons (Fsp3) is 0.385. The zero-order valence-electron chi connectivity index (χ0n) is 10.3. The van der Waals surface area contributed by atoms with E-state index < -0.39 is 5.97 Å². The first-order chi connectivity index (χ1) is 9.06. The Morgan fingerprint density at radius 1 is 1.37 bits per heavy atom. The molecule has 1 aliphatic carbocycles. The van der Waals surface area contributed by atoms with Crippen molar-refractivity contribution in [2.75, 3.05) is 18.4 Å². The van der Waals surface area contributed by atoms with Crippen LogP contribution in [0.25, 0.3) is 0 Å². The van der Waals surface area contributed by atoms with Crippen molar-refractivity contribution in [2.24, 2.45) is 5.92 Å². The van der Waals surface area contributed by atoms with Crippen LogP contribution in [-0.2, 0) is 4.79 Å². The number of anilines is 1. The van der Waals surface area contributed by atoms with Crippen LogP contribution in [0.5, 0.6) is 0 Å². The second-order valence-corrected chi connectivity index (χ2v) is 5.05. The Hall–Kier alpha value is -1.59. The number of carbonyl (C=O) groups is 2. The van der Waals surface area contributed by atoms with Crippen LogP contribution in [0.1, 0.15) is 23.2 Å². The number of nitrogens with one attached hydrogen (secondary N) is 2. The van der Waals surface area contributed by atoms with Crippen LogP contribution >= 0.6 is 11.6 Å². The molecule has 19 heavy (non-hydrogen) atoms. The monoisotopic (exact) mass is 282 g/mol. The molecule has 3 N–H and O–H groups in total. The number of aromatic carboxylic acids is 1. The first-order valence-electron chi connectivity index (χ1n) is 6.09. The van der Waals surface area contributed by atoms with Crippen molar-refractivity contribution in [1.82, 2.24) is 5.32 Å². The summed E-state index contributed by atoms with van der Waals surface area (Å²) in [6.45, 7) is 1.01. The molecule has 0 aliphatic heterocycles. The van der Waals surface area contributed by atoms with Crippen LogP contribution < -0.4 is 10.6 Å². The summed E-state index contributed by atoms with van der Waals surface area (Å²) in [7, 11) is 0. The molecule has 5 nitrogen and oxygen atoms in total. The maximum Gasteiger partial charge on any atom is 0.337 e. The average Bonchev–Trinajstić information content (AvgIpc) is 3.15. The summed E-state index contributed by atoms with van der Waals surface area (Å²) in [5.41, 5.74) is 0.248. The van der Waals surface area contributed by atoms with Crippen LogP contribution in [0.2, 0.25) is 5.02 Å². The molecular weight excluding hydrogens is 268 g/mol. The zero-order chi connectivity index (χ0) is 13.8. The summed E-state index contributed by atoms with van der Waals surface area (Å²) in [6, 6.07) is 4.35. The van der Waals surface area contributed by atoms with Gasteiger partial charge >= 0.3 is 5.97 Å². The van der Waals surface area contributed by atoms with Gasteiger partial charge in [-0.1, -0.05) is 11.6 Å². The number of amides is 1. The van der Waals surface area contributed by atoms with Crippen LogP contribution in [-0.4, -0.2) is 30.1 Å². The van der Waals surface area contributed by atoms with Gasteiger partial charge in [0.25, 0.3) is 0 Å². The van der Waals surface area contributed by atoms with E-state index in [9.17, 15) is 9.59 Å². The number of carboxylic acid groups (broad SMARTS) is 1. The smallest absolute Gasteiger partial charge is 0.337 e. The summed E-state index contributed by atoms with van der Waals surface area (Å²) in [6.07, 6.45) is 2.43. The van der Waals surface area contributed by atoms with Crippen molar-refractivity contribution in [3.63, 3.8) is 0 Å². The summed E-state index contributed by atoms with van der Waals surface area (Å²) < 4.78 is 0. The second-order valence-electron chi connectivity index (χ2n) is 4.62. The Kier molecular flexibility index (Phi) is 4.39. The van der Waals surface area contributed by atoms with Gasteiger partial charge in [-0.15, -0.1) is 0 Å². The lowest BCUT2D eigenvalue weighted by atomic mass is 10.2. The fourth-order valence-corrected chi connectivity index (χ4v) is 1.88. The lowest BCUT2D eigenvalue weighted by molar-refractivity contribution is -0.115. The largest absolute Gasteiger partial charge is 0.478 e. The Morgan fingerprint density at radius 3 is 2.74 bits per heavy atom. The molecule has 0 saturated heterocycles. The Labute approximate surface area is 116 Å². The van der Waals surface area contributed by atoms with Gasteiger partial charge < -0.3 is 15.7 Å². The molecule has 6 heteroatoms. The van der Waals surface area contributed by atoms with Crippen molar-refractivity contribution in [2.45, 2.75) is 12.8 Å². The predicted octanol–water partition coefficient (Wildman–Crippen LogP) is 1.98. The summed E-state index contributed by atoms with van der Waals surface area (Å²) in [5, 5.41) is 15.0. The van der Waals surface area contributed by atoms with Crippen LogP contribution in [0.4, 0.5) is 5.69 Å². The maximum atomic E-state index is 11.7. The maximum absolute atomic E-state index is 11.7. The molecule has 0 unspecified atom stereocenters. The topological polar surface area (TPSA) is 78.4 Å². The molecular formula is C13H15ClN2O3. The highest BCUT2D eigenvalue weighted by Gasteiger charge is 2.20. The van der Waals surface area contributed by atoms with E-state index in [1.165, 1.54) is 25.0 Å². The summed E-state index contributed by atoms with van der Waals surface area (Å²) >= 11 is 5.73. The highest BCUT2D eigenvalue weighted by atomic mass is 35.5. The molecule has 0 radical (unpaired) electrons. The molecule has 1 aromatic rings. The first-order valence-corrected chi connectivity index (χ1v) is 6.47. The Morgan fingerprint density at radius 2 is 2.11 bits per heavy atom. The molecule has 1 saturated carbocycles. The quantitative estimate of drug-likeness (QED) is 0.745. The lowest BCUT2D eigenvalue weighted by Crippen LogP contribution is -2.29. The van der Waals surface area contributed by atoms with Crippen molar-refractivity contribution in [3.8, 4) is 0 Å². The summed E-state index contributed by atoms with van der Waals surface area (Å²) in [4.78, 5) is 22.7. The van der Waals surface area contributed by atoms with Crippen LogP contribution in [0.15, 0.2) is 18.2 Å². The third-order valence-electron chi connectivity index (χ3n) is 2.90. The molecule has 0 atom stereocenters. The molecule has 1 aromatic carbocycles. The minimum absolute atomic E-state index is 0.0111. The van der Waals surface area contributed by atoms with Crippen molar-refractivity contribution >= 4 is 29.2 Å². The van der Waals surface area contributed by atoms with Gasteiger partial charge in [-0.3, -0.25) is 4.79 Å². The van der Waals surface area contributed by atoms with E-state index in [0.29, 0.717) is 10.9 Å². The van der Waals surface area contributed by atoms with Gasteiger partial charge in [-0.2, -0.15) is 0 Å². The van der Waals surface area contributed by atoms with Crippen LogP contribution in [0, 0.1) is 5.92 Å². The highest BCUT2D eigenvalue weighted by molar-refractivity contribution is 6.31. The number of hydrogen-bond acceptors (Lipinski definition) is 3. The molecule has 2 rings (SSSR count). The third kappa shape index (κ3) is 4.22. The number of hydrogen-bond donors (Lipinski definition) is 3. The van der Waals surface area contributed by atoms with Gasteiger partial charge in [0.2, 0.25) is 5.91 Å². The number of benzene rings is 1. The van der Waals surface area contributed by atoms with Crippen molar-refractivity contribution < 1.29 is 14.7 Å². The Balaban J connectivity index is 1.93. The molecule has 1 amide bonds. The van der Waals surface area contributed by atoms with Gasteiger partial charge in [0.15, 0.2) is 0 Å². The normalized spacial score (nSPS) is 14.2. The van der Waals surface area contributed by atoms with Gasteiger partial charge in [-0.25, -0.2) is 4.79 Å². The highest BCUT2D eigenvalue weighted by Crippen LogP contribution is 2.27. The second kappa shape index (κ2) is 6.04. The zero-order valence-corrected chi connectivity index (χ0v) is 11.0. The van der Waals surface area contributed by atoms with Crippen LogP contribution in [0.3, 0.4) is 0 Å². The minimum Gasteiger partial charge on any atom is -0.478 e. The third-order valence-corrected chi connectivity index (χ3v) is 3.14. The molecule has 1 aliphatic rings. The number of halogens is 1. The van der Waals surface area contributed by atoms with E-state index in [-0.39, 0.29) is 23.7 Å². The van der Waals surface area contributed by atoms with E-state index >= 15 is 0 Å². The molecule has 0 aromatic heterocycles. The lowest BCUT2D eigenvalue weighted by Gasteiger charge is -2.09.